The molecule has 172 valence electrons. The largest absolute Gasteiger partial charge is 0.504 e. The van der Waals surface area contributed by atoms with Gasteiger partial charge in [-0.3, -0.25) is 20.3 Å². The third-order valence-corrected chi connectivity index (χ3v) is 5.80. The summed E-state index contributed by atoms with van der Waals surface area (Å²) in [6.45, 7) is 0. The second-order valence-electron chi connectivity index (χ2n) is 6.57. The molecule has 11 nitrogen and oxygen atoms in total. The molecule has 0 saturated heterocycles. The number of phenolic OH excluding ortho intramolecular Hbond substituents is 1. The van der Waals surface area contributed by atoms with Crippen molar-refractivity contribution in [3.8, 4) is 17.2 Å². The van der Waals surface area contributed by atoms with E-state index in [0.717, 1.165) is 6.07 Å². The molecule has 33 heavy (non-hydrogen) atoms. The van der Waals surface area contributed by atoms with Gasteiger partial charge >= 0.3 is 0 Å². The van der Waals surface area contributed by atoms with Gasteiger partial charge in [-0.25, -0.2) is 8.42 Å². The molecule has 0 atom stereocenters. The van der Waals surface area contributed by atoms with Crippen molar-refractivity contribution in [2.75, 3.05) is 24.4 Å². The minimum atomic E-state index is -4.08. The molecule has 0 aromatic heterocycles. The number of anilines is 2. The number of hydrazone groups is 1. The second-order valence-corrected chi connectivity index (χ2v) is 8.25. The smallest absolute Gasteiger partial charge is 0.295 e. The first-order chi connectivity index (χ1) is 15.7. The average Bonchev–Trinajstić information content (AvgIpc) is 2.80. The Morgan fingerprint density at radius 2 is 1.76 bits per heavy atom. The van der Waals surface area contributed by atoms with Crippen molar-refractivity contribution in [2.24, 2.45) is 5.10 Å². The first kappa shape index (κ1) is 23.3. The number of hydrogen-bond donors (Lipinski definition) is 3. The Balaban J connectivity index is 1.81. The van der Waals surface area contributed by atoms with Crippen molar-refractivity contribution >= 4 is 33.3 Å². The fourth-order valence-corrected chi connectivity index (χ4v) is 3.83. The highest BCUT2D eigenvalue weighted by Crippen LogP contribution is 2.29. The molecule has 3 aromatic carbocycles. The van der Waals surface area contributed by atoms with E-state index in [0.29, 0.717) is 11.3 Å². The summed E-state index contributed by atoms with van der Waals surface area (Å²) in [5, 5.41) is 25.1. The molecule has 0 aliphatic heterocycles. The quantitative estimate of drug-likeness (QED) is 0.243. The van der Waals surface area contributed by atoms with E-state index in [1.807, 2.05) is 0 Å². The Labute approximate surface area is 189 Å². The number of methoxy groups -OCH3 is 2. The fourth-order valence-electron chi connectivity index (χ4n) is 2.75. The normalized spacial score (nSPS) is 11.2. The molecular formula is C21H20N4O7S. The van der Waals surface area contributed by atoms with Crippen molar-refractivity contribution in [3.63, 3.8) is 0 Å². The van der Waals surface area contributed by atoms with Gasteiger partial charge in [0.2, 0.25) is 0 Å². The Morgan fingerprint density at radius 1 is 1.03 bits per heavy atom. The lowest BCUT2D eigenvalue weighted by Crippen LogP contribution is -2.13. The topological polar surface area (TPSA) is 152 Å². The number of nitro benzene ring substituents is 1. The van der Waals surface area contributed by atoms with Crippen LogP contribution >= 0.6 is 0 Å². The Hall–Kier alpha value is -4.32. The second kappa shape index (κ2) is 9.87. The molecule has 0 saturated carbocycles. The summed E-state index contributed by atoms with van der Waals surface area (Å²) in [4.78, 5) is 10.5. The first-order valence-corrected chi connectivity index (χ1v) is 10.8. The summed E-state index contributed by atoms with van der Waals surface area (Å²) in [5.74, 6) is 0.748. The van der Waals surface area contributed by atoms with E-state index in [9.17, 15) is 23.6 Å². The monoisotopic (exact) mass is 472 g/mol. The zero-order chi connectivity index (χ0) is 24.0. The van der Waals surface area contributed by atoms with Crippen LogP contribution in [0.25, 0.3) is 0 Å². The zero-order valence-electron chi connectivity index (χ0n) is 17.6. The van der Waals surface area contributed by atoms with Gasteiger partial charge in [0.25, 0.3) is 15.7 Å². The van der Waals surface area contributed by atoms with Crippen LogP contribution < -0.4 is 19.6 Å². The number of hydrogen-bond acceptors (Lipinski definition) is 9. The maximum Gasteiger partial charge on any atom is 0.295 e. The van der Waals surface area contributed by atoms with E-state index in [2.05, 4.69) is 15.2 Å². The summed E-state index contributed by atoms with van der Waals surface area (Å²) in [7, 11) is -1.19. The molecule has 0 radical (unpaired) electrons. The number of sulfonamides is 1. The van der Waals surface area contributed by atoms with Crippen LogP contribution in [0.5, 0.6) is 17.2 Å². The maximum atomic E-state index is 12.7. The van der Waals surface area contributed by atoms with Crippen molar-refractivity contribution in [1.29, 1.82) is 0 Å². The minimum Gasteiger partial charge on any atom is -0.504 e. The van der Waals surface area contributed by atoms with Gasteiger partial charge in [0.05, 0.1) is 30.3 Å². The van der Waals surface area contributed by atoms with Crippen molar-refractivity contribution in [1.82, 2.24) is 0 Å². The predicted molar refractivity (Wildman–Crippen MR) is 123 cm³/mol. The third kappa shape index (κ3) is 5.68. The number of aromatic hydroxyl groups is 1. The number of nitro groups is 1. The highest BCUT2D eigenvalue weighted by Gasteiger charge is 2.21. The van der Waals surface area contributed by atoms with Gasteiger partial charge < -0.3 is 14.6 Å². The molecule has 0 heterocycles. The van der Waals surface area contributed by atoms with E-state index >= 15 is 0 Å². The van der Waals surface area contributed by atoms with Gasteiger partial charge in [0, 0.05) is 11.8 Å². The van der Waals surface area contributed by atoms with E-state index < -0.39 is 20.6 Å². The average molecular weight is 472 g/mol. The van der Waals surface area contributed by atoms with Crippen molar-refractivity contribution in [3.05, 3.63) is 76.3 Å². The number of ether oxygens (including phenoxy) is 2. The van der Waals surface area contributed by atoms with Crippen LogP contribution in [0.2, 0.25) is 0 Å². The van der Waals surface area contributed by atoms with Crippen LogP contribution in [0, 0.1) is 10.1 Å². The summed E-state index contributed by atoms with van der Waals surface area (Å²) in [5.41, 5.74) is 2.87. The summed E-state index contributed by atoms with van der Waals surface area (Å²) < 4.78 is 37.8. The van der Waals surface area contributed by atoms with Crippen LogP contribution in [0.4, 0.5) is 17.1 Å². The molecule has 12 heteroatoms. The number of nitrogens with one attached hydrogen (secondary N) is 2. The number of nitrogens with zero attached hydrogens (tertiary/aromatic N) is 2. The number of phenols is 1. The van der Waals surface area contributed by atoms with Crippen LogP contribution in [0.3, 0.4) is 0 Å². The summed E-state index contributed by atoms with van der Waals surface area (Å²) in [6.07, 6.45) is 1.36. The van der Waals surface area contributed by atoms with Gasteiger partial charge in [-0.1, -0.05) is 0 Å². The highest BCUT2D eigenvalue weighted by molar-refractivity contribution is 7.92. The molecule has 3 rings (SSSR count). The molecule has 0 spiro atoms. The van der Waals surface area contributed by atoms with Crippen molar-refractivity contribution < 1.29 is 27.9 Å². The zero-order valence-corrected chi connectivity index (χ0v) is 18.4. The Bertz CT molecular complexity index is 1290. The Kier molecular flexibility index (Phi) is 6.98. The molecule has 0 aliphatic rings. The van der Waals surface area contributed by atoms with Crippen LogP contribution in [0.15, 0.2) is 70.7 Å². The molecular weight excluding hydrogens is 452 g/mol. The predicted octanol–water partition coefficient (Wildman–Crippen LogP) is 3.56. The maximum absolute atomic E-state index is 12.7. The lowest BCUT2D eigenvalue weighted by Gasteiger charge is -2.10. The minimum absolute atomic E-state index is 0.00890. The van der Waals surface area contributed by atoms with Crippen molar-refractivity contribution in [2.45, 2.75) is 4.90 Å². The highest BCUT2D eigenvalue weighted by atomic mass is 32.2. The first-order valence-electron chi connectivity index (χ1n) is 9.35. The van der Waals surface area contributed by atoms with E-state index in [1.165, 1.54) is 56.8 Å². The molecule has 0 aliphatic carbocycles. The van der Waals surface area contributed by atoms with E-state index in [1.54, 1.807) is 18.2 Å². The summed E-state index contributed by atoms with van der Waals surface area (Å²) in [6, 6.07) is 14.1. The molecule has 3 aromatic rings. The number of benzene rings is 3. The fraction of sp³-hybridized carbons (Fsp3) is 0.0952. The molecule has 0 unspecified atom stereocenters. The molecule has 0 bridgehead atoms. The van der Waals surface area contributed by atoms with Crippen LogP contribution in [-0.4, -0.2) is 38.9 Å². The van der Waals surface area contributed by atoms with Crippen LogP contribution in [0.1, 0.15) is 5.56 Å². The molecule has 0 amide bonds. The van der Waals surface area contributed by atoms with Gasteiger partial charge in [0.1, 0.15) is 11.4 Å². The Morgan fingerprint density at radius 3 is 2.39 bits per heavy atom. The SMILES string of the molecule is COc1ccc(NS(=O)(=O)c2ccc(NN=Cc3ccc(O)c(OC)c3)c([N+](=O)[O-])c2)cc1. The van der Waals surface area contributed by atoms with Gasteiger partial charge in [-0.15, -0.1) is 0 Å². The standard InChI is InChI=1S/C21H20N4O7S/c1-31-16-6-4-15(5-7-16)24-33(29,30)17-8-9-18(19(12-17)25(27)28)23-22-13-14-3-10-20(26)21(11-14)32-2/h3-13,23-24,26H,1-2H3. The number of rotatable bonds is 9. The van der Waals surface area contributed by atoms with Gasteiger partial charge in [-0.2, -0.15) is 5.10 Å². The van der Waals surface area contributed by atoms with Gasteiger partial charge in [0.15, 0.2) is 11.5 Å². The third-order valence-electron chi connectivity index (χ3n) is 4.42. The van der Waals surface area contributed by atoms with E-state index in [4.69, 9.17) is 9.47 Å². The van der Waals surface area contributed by atoms with Gasteiger partial charge in [-0.05, 0) is 60.2 Å². The lowest BCUT2D eigenvalue weighted by atomic mass is 10.2. The van der Waals surface area contributed by atoms with Crippen LogP contribution in [-0.2, 0) is 10.0 Å². The molecule has 3 N–H and O–H groups in total. The lowest BCUT2D eigenvalue weighted by molar-refractivity contribution is -0.384. The van der Waals surface area contributed by atoms with E-state index in [-0.39, 0.29) is 27.8 Å². The molecule has 0 fully saturated rings. The summed E-state index contributed by atoms with van der Waals surface area (Å²) >= 11 is 0.